The molecular weight excluding hydrogens is 368 g/mol. The largest absolute Gasteiger partial charge is 0.511 e. The zero-order valence-electron chi connectivity index (χ0n) is 18.0. The number of thioether (sulfide) groups is 1. The summed E-state index contributed by atoms with van der Waals surface area (Å²) in [4.78, 5) is 24.9. The van der Waals surface area contributed by atoms with E-state index in [1.54, 1.807) is 0 Å². The van der Waals surface area contributed by atoms with Gasteiger partial charge in [-0.3, -0.25) is 9.59 Å². The van der Waals surface area contributed by atoms with E-state index in [1.807, 2.05) is 18.7 Å². The molecule has 0 radical (unpaired) electrons. The lowest BCUT2D eigenvalue weighted by atomic mass is 9.77. The van der Waals surface area contributed by atoms with Crippen LogP contribution in [-0.2, 0) is 15.3 Å². The highest BCUT2D eigenvalue weighted by atomic mass is 32.2. The van der Waals surface area contributed by atoms with Gasteiger partial charge in [-0.2, -0.15) is 11.8 Å². The number of rotatable bonds is 9. The van der Waals surface area contributed by atoms with Crippen molar-refractivity contribution in [2.45, 2.75) is 84.8 Å². The van der Waals surface area contributed by atoms with Crippen LogP contribution in [0, 0.1) is 20.8 Å². The lowest BCUT2D eigenvalue weighted by Gasteiger charge is -2.28. The molecule has 1 aliphatic carbocycles. The molecule has 2 rings (SSSR count). The molecule has 0 aromatic heterocycles. The summed E-state index contributed by atoms with van der Waals surface area (Å²) in [5.41, 5.74) is 6.30. The fourth-order valence-electron chi connectivity index (χ4n) is 4.28. The first kappa shape index (κ1) is 22.7. The van der Waals surface area contributed by atoms with Crippen molar-refractivity contribution in [2.24, 2.45) is 0 Å². The minimum atomic E-state index is -0.214. The van der Waals surface area contributed by atoms with Gasteiger partial charge in [-0.1, -0.05) is 26.3 Å². The van der Waals surface area contributed by atoms with Gasteiger partial charge < -0.3 is 5.11 Å². The summed E-state index contributed by atoms with van der Waals surface area (Å²) < 4.78 is 0. The quantitative estimate of drug-likeness (QED) is 0.390. The van der Waals surface area contributed by atoms with Crippen molar-refractivity contribution in [3.05, 3.63) is 45.2 Å². The first-order valence-corrected chi connectivity index (χ1v) is 11.6. The Morgan fingerprint density at radius 3 is 2.46 bits per heavy atom. The molecule has 0 aliphatic heterocycles. The predicted octanol–water partition coefficient (Wildman–Crippen LogP) is 6.27. The third-order valence-corrected chi connectivity index (χ3v) is 6.75. The molecule has 1 aromatic carbocycles. The van der Waals surface area contributed by atoms with Crippen molar-refractivity contribution in [3.8, 4) is 0 Å². The molecule has 28 heavy (non-hydrogen) atoms. The Bertz CT molecular complexity index is 777. The fourth-order valence-corrected chi connectivity index (χ4v) is 5.57. The highest BCUT2D eigenvalue weighted by molar-refractivity contribution is 7.98. The van der Waals surface area contributed by atoms with Crippen molar-refractivity contribution in [1.82, 2.24) is 0 Å². The summed E-state index contributed by atoms with van der Waals surface area (Å²) in [5.74, 6) is 1.66. The van der Waals surface area contributed by atoms with Gasteiger partial charge in [0.15, 0.2) is 11.6 Å². The van der Waals surface area contributed by atoms with Gasteiger partial charge in [0.25, 0.3) is 0 Å². The maximum absolute atomic E-state index is 12.7. The molecule has 0 saturated carbocycles. The van der Waals surface area contributed by atoms with Gasteiger partial charge in [0.05, 0.1) is 5.57 Å². The third-order valence-electron chi connectivity index (χ3n) is 5.68. The van der Waals surface area contributed by atoms with Crippen LogP contribution in [0.4, 0.5) is 0 Å². The van der Waals surface area contributed by atoms with Crippen LogP contribution in [0.1, 0.15) is 86.1 Å². The van der Waals surface area contributed by atoms with E-state index < -0.39 is 0 Å². The number of allylic oxidation sites excluding steroid dienone is 2. The molecule has 1 aliphatic rings. The van der Waals surface area contributed by atoms with E-state index in [-0.39, 0.29) is 28.8 Å². The SMILES string of the molecule is CCCCSCc1c(C)cc(C)c(C2CC(=O)C(C(=O)CCC)=C(O)C2)c1C. The Balaban J connectivity index is 2.33. The number of hydrogen-bond donors (Lipinski definition) is 1. The average molecular weight is 403 g/mol. The van der Waals surface area contributed by atoms with E-state index >= 15 is 0 Å². The molecule has 1 unspecified atom stereocenters. The molecule has 0 bridgehead atoms. The molecule has 3 nitrogen and oxygen atoms in total. The second-order valence-corrected chi connectivity index (χ2v) is 9.06. The maximum Gasteiger partial charge on any atom is 0.170 e. The van der Waals surface area contributed by atoms with E-state index in [2.05, 4.69) is 33.8 Å². The van der Waals surface area contributed by atoms with Crippen molar-refractivity contribution < 1.29 is 14.7 Å². The van der Waals surface area contributed by atoms with Crippen LogP contribution >= 0.6 is 11.8 Å². The Morgan fingerprint density at radius 2 is 1.86 bits per heavy atom. The molecule has 1 aromatic rings. The Labute approximate surface area is 174 Å². The maximum atomic E-state index is 12.7. The smallest absolute Gasteiger partial charge is 0.170 e. The fraction of sp³-hybridized carbons (Fsp3) is 0.583. The number of aliphatic hydroxyl groups is 1. The van der Waals surface area contributed by atoms with Crippen molar-refractivity contribution in [3.63, 3.8) is 0 Å². The van der Waals surface area contributed by atoms with Crippen molar-refractivity contribution in [2.75, 3.05) is 5.75 Å². The van der Waals surface area contributed by atoms with Gasteiger partial charge in [-0.15, -0.1) is 0 Å². The number of Topliss-reactive ketones (excluding diaryl/α,β-unsaturated/α-hetero) is 2. The minimum absolute atomic E-state index is 0.0158. The summed E-state index contributed by atoms with van der Waals surface area (Å²) >= 11 is 1.96. The van der Waals surface area contributed by atoms with Crippen LogP contribution < -0.4 is 0 Å². The van der Waals surface area contributed by atoms with E-state index in [0.717, 1.165) is 11.5 Å². The monoisotopic (exact) mass is 402 g/mol. The average Bonchev–Trinajstić information content (AvgIpc) is 2.60. The Hall–Kier alpha value is -1.55. The summed E-state index contributed by atoms with van der Waals surface area (Å²) in [6, 6.07) is 2.21. The summed E-state index contributed by atoms with van der Waals surface area (Å²) in [6.07, 6.45) is 4.12. The lowest BCUT2D eigenvalue weighted by molar-refractivity contribution is -0.122. The van der Waals surface area contributed by atoms with Crippen LogP contribution in [-0.4, -0.2) is 22.4 Å². The number of carbonyl (C=O) groups is 2. The zero-order valence-corrected chi connectivity index (χ0v) is 18.8. The van der Waals surface area contributed by atoms with Gasteiger partial charge in [0.2, 0.25) is 0 Å². The number of unbranched alkanes of at least 4 members (excludes halogenated alkanes) is 1. The minimum Gasteiger partial charge on any atom is -0.511 e. The van der Waals surface area contributed by atoms with Crippen LogP contribution in [0.3, 0.4) is 0 Å². The number of aliphatic hydroxyl groups excluding tert-OH is 1. The number of aryl methyl sites for hydroxylation is 2. The summed E-state index contributed by atoms with van der Waals surface area (Å²) in [5, 5.41) is 10.5. The Kier molecular flexibility index (Phi) is 8.36. The molecule has 1 N–H and O–H groups in total. The van der Waals surface area contributed by atoms with Gasteiger partial charge >= 0.3 is 0 Å². The molecule has 0 saturated heterocycles. The normalized spacial score (nSPS) is 17.3. The van der Waals surface area contributed by atoms with Crippen LogP contribution in [0.5, 0.6) is 0 Å². The second kappa shape index (κ2) is 10.3. The number of hydrogen-bond acceptors (Lipinski definition) is 4. The first-order valence-electron chi connectivity index (χ1n) is 10.5. The van der Waals surface area contributed by atoms with Crippen molar-refractivity contribution >= 4 is 23.3 Å². The van der Waals surface area contributed by atoms with Crippen LogP contribution in [0.2, 0.25) is 0 Å². The molecular formula is C24H34O3S. The van der Waals surface area contributed by atoms with E-state index in [1.165, 1.54) is 40.7 Å². The van der Waals surface area contributed by atoms with Gasteiger partial charge in [0.1, 0.15) is 5.76 Å². The van der Waals surface area contributed by atoms with E-state index in [4.69, 9.17) is 0 Å². The predicted molar refractivity (Wildman–Crippen MR) is 118 cm³/mol. The standard InChI is InChI=1S/C24H34O3S/c1-6-8-10-28-14-19-15(3)11-16(4)23(17(19)5)18-12-21(26)24(22(27)13-18)20(25)9-7-2/h11,18,26H,6-10,12-14H2,1-5H3. The Morgan fingerprint density at radius 1 is 1.14 bits per heavy atom. The van der Waals surface area contributed by atoms with E-state index in [0.29, 0.717) is 25.7 Å². The lowest BCUT2D eigenvalue weighted by Crippen LogP contribution is -2.24. The molecule has 0 spiro atoms. The highest BCUT2D eigenvalue weighted by Crippen LogP contribution is 2.39. The zero-order chi connectivity index (χ0) is 20.8. The highest BCUT2D eigenvalue weighted by Gasteiger charge is 2.33. The summed E-state index contributed by atoms with van der Waals surface area (Å²) in [7, 11) is 0. The first-order chi connectivity index (χ1) is 13.3. The van der Waals surface area contributed by atoms with Crippen molar-refractivity contribution in [1.29, 1.82) is 0 Å². The number of ketones is 2. The molecule has 1 atom stereocenters. The van der Waals surface area contributed by atoms with Crippen LogP contribution in [0.15, 0.2) is 17.4 Å². The van der Waals surface area contributed by atoms with Gasteiger partial charge in [-0.25, -0.2) is 0 Å². The number of benzene rings is 1. The third kappa shape index (κ3) is 5.08. The van der Waals surface area contributed by atoms with Gasteiger partial charge in [-0.05, 0) is 73.1 Å². The second-order valence-electron chi connectivity index (χ2n) is 7.96. The molecule has 0 heterocycles. The molecule has 0 fully saturated rings. The topological polar surface area (TPSA) is 54.4 Å². The molecule has 154 valence electrons. The van der Waals surface area contributed by atoms with Gasteiger partial charge in [0, 0.05) is 25.0 Å². The van der Waals surface area contributed by atoms with Crippen LogP contribution in [0.25, 0.3) is 0 Å². The summed E-state index contributed by atoms with van der Waals surface area (Å²) in [6.45, 7) is 10.5. The van der Waals surface area contributed by atoms with E-state index in [9.17, 15) is 14.7 Å². The molecule has 4 heteroatoms. The number of carbonyl (C=O) groups excluding carboxylic acids is 2. The molecule has 0 amide bonds.